The summed E-state index contributed by atoms with van der Waals surface area (Å²) in [6, 6.07) is 33.4. The second kappa shape index (κ2) is 15.7. The molecule has 0 bridgehead atoms. The number of ether oxygens (including phenoxy) is 2. The summed E-state index contributed by atoms with van der Waals surface area (Å²) in [4.78, 5) is 29.3. The minimum Gasteiger partial charge on any atom is -0.488 e. The van der Waals surface area contributed by atoms with Gasteiger partial charge in [0.05, 0.1) is 12.6 Å². The van der Waals surface area contributed by atoms with Crippen molar-refractivity contribution in [1.82, 2.24) is 5.32 Å². The molecule has 46 heavy (non-hydrogen) atoms. The van der Waals surface area contributed by atoms with Gasteiger partial charge in [-0.15, -0.1) is 0 Å². The van der Waals surface area contributed by atoms with Crippen LogP contribution in [-0.4, -0.2) is 24.5 Å². The fourth-order valence-corrected chi connectivity index (χ4v) is 6.56. The molecule has 2 fully saturated rings. The van der Waals surface area contributed by atoms with Crippen molar-refractivity contribution >= 4 is 17.6 Å². The van der Waals surface area contributed by atoms with Crippen molar-refractivity contribution in [2.24, 2.45) is 0 Å². The lowest BCUT2D eigenvalue weighted by molar-refractivity contribution is -0.121. The SMILES string of the molecule is O=C(OCc1ccccc1)c1ccc(N(Cc2ccc(C3CCCCC3)cc2)C(=O)[C@H]2CCCCN2)cc1OCc1ccccc1. The van der Waals surface area contributed by atoms with E-state index in [0.29, 0.717) is 29.5 Å². The van der Waals surface area contributed by atoms with E-state index in [1.54, 1.807) is 6.07 Å². The predicted molar refractivity (Wildman–Crippen MR) is 182 cm³/mol. The zero-order valence-electron chi connectivity index (χ0n) is 26.5. The fraction of sp³-hybridized carbons (Fsp3) is 0.350. The Labute approximate surface area is 272 Å². The molecule has 6 rings (SSSR count). The van der Waals surface area contributed by atoms with Crippen molar-refractivity contribution in [3.63, 3.8) is 0 Å². The molecular formula is C40H44N2O4. The van der Waals surface area contributed by atoms with Crippen molar-refractivity contribution in [3.8, 4) is 5.75 Å². The second-order valence-electron chi connectivity index (χ2n) is 12.5. The van der Waals surface area contributed by atoms with Gasteiger partial charge >= 0.3 is 5.97 Å². The molecule has 0 unspecified atom stereocenters. The van der Waals surface area contributed by atoms with Crippen LogP contribution in [0.25, 0.3) is 0 Å². The summed E-state index contributed by atoms with van der Waals surface area (Å²) in [7, 11) is 0. The first-order valence-corrected chi connectivity index (χ1v) is 16.8. The summed E-state index contributed by atoms with van der Waals surface area (Å²) in [6.45, 7) is 1.70. The van der Waals surface area contributed by atoms with E-state index < -0.39 is 5.97 Å². The van der Waals surface area contributed by atoms with E-state index in [1.807, 2.05) is 77.7 Å². The lowest BCUT2D eigenvalue weighted by Crippen LogP contribution is -2.48. The van der Waals surface area contributed by atoms with Gasteiger partial charge in [-0.05, 0) is 72.5 Å². The number of amides is 1. The van der Waals surface area contributed by atoms with Crippen molar-refractivity contribution in [2.75, 3.05) is 11.4 Å². The number of esters is 1. The van der Waals surface area contributed by atoms with Crippen molar-refractivity contribution < 1.29 is 19.1 Å². The summed E-state index contributed by atoms with van der Waals surface area (Å²) in [5.74, 6) is 0.583. The number of carbonyl (C=O) groups is 2. The van der Waals surface area contributed by atoms with E-state index in [4.69, 9.17) is 9.47 Å². The van der Waals surface area contributed by atoms with Gasteiger partial charge < -0.3 is 19.7 Å². The van der Waals surface area contributed by atoms with E-state index >= 15 is 0 Å². The molecule has 1 N–H and O–H groups in total. The minimum atomic E-state index is -0.469. The molecule has 238 valence electrons. The number of carbonyl (C=O) groups excluding carboxylic acids is 2. The molecule has 1 aliphatic carbocycles. The average molecular weight is 617 g/mol. The van der Waals surface area contributed by atoms with E-state index in [9.17, 15) is 9.59 Å². The normalized spacial score (nSPS) is 16.8. The van der Waals surface area contributed by atoms with Gasteiger partial charge in [-0.3, -0.25) is 4.79 Å². The van der Waals surface area contributed by atoms with E-state index in [1.165, 1.54) is 37.7 Å². The Balaban J connectivity index is 1.28. The van der Waals surface area contributed by atoms with Gasteiger partial charge in [0.15, 0.2) is 0 Å². The van der Waals surface area contributed by atoms with Crippen LogP contribution in [0.1, 0.15) is 89.9 Å². The minimum absolute atomic E-state index is 0.0319. The number of nitrogens with zero attached hydrogens (tertiary/aromatic N) is 1. The molecule has 1 saturated carbocycles. The quantitative estimate of drug-likeness (QED) is 0.172. The Morgan fingerprint density at radius 3 is 2.04 bits per heavy atom. The third-order valence-corrected chi connectivity index (χ3v) is 9.22. The number of hydrogen-bond acceptors (Lipinski definition) is 5. The van der Waals surface area contributed by atoms with Crippen LogP contribution in [0.5, 0.6) is 5.75 Å². The molecule has 4 aromatic rings. The maximum atomic E-state index is 14.1. The van der Waals surface area contributed by atoms with E-state index in [-0.39, 0.29) is 25.2 Å². The maximum absolute atomic E-state index is 14.1. The summed E-state index contributed by atoms with van der Waals surface area (Å²) in [5, 5.41) is 3.43. The third kappa shape index (κ3) is 8.24. The summed E-state index contributed by atoms with van der Waals surface area (Å²) in [5.41, 5.74) is 5.37. The van der Waals surface area contributed by atoms with E-state index in [0.717, 1.165) is 42.5 Å². The largest absolute Gasteiger partial charge is 0.488 e. The van der Waals surface area contributed by atoms with Crippen LogP contribution < -0.4 is 15.0 Å². The fourth-order valence-electron chi connectivity index (χ4n) is 6.56. The lowest BCUT2D eigenvalue weighted by atomic mass is 9.84. The molecule has 4 aromatic carbocycles. The van der Waals surface area contributed by atoms with E-state index in [2.05, 4.69) is 29.6 Å². The molecule has 1 amide bonds. The Kier molecular flexibility index (Phi) is 10.8. The number of rotatable bonds is 11. The summed E-state index contributed by atoms with van der Waals surface area (Å²) < 4.78 is 12.0. The molecule has 0 radical (unpaired) electrons. The highest BCUT2D eigenvalue weighted by molar-refractivity contribution is 5.99. The topological polar surface area (TPSA) is 67.9 Å². The van der Waals surface area contributed by atoms with Crippen LogP contribution in [0.2, 0.25) is 0 Å². The molecule has 2 aliphatic rings. The number of nitrogens with one attached hydrogen (secondary N) is 1. The van der Waals surface area contributed by atoms with Gasteiger partial charge in [0.25, 0.3) is 0 Å². The summed E-state index contributed by atoms with van der Waals surface area (Å²) >= 11 is 0. The van der Waals surface area contributed by atoms with Crippen molar-refractivity contribution in [2.45, 2.75) is 83.1 Å². The van der Waals surface area contributed by atoms with Gasteiger partial charge in [0.1, 0.15) is 24.5 Å². The van der Waals surface area contributed by atoms with Crippen LogP contribution in [0.15, 0.2) is 103 Å². The van der Waals surface area contributed by atoms with Gasteiger partial charge in [-0.25, -0.2) is 4.79 Å². The van der Waals surface area contributed by atoms with Crippen LogP contribution in [0.3, 0.4) is 0 Å². The smallest absolute Gasteiger partial charge is 0.342 e. The van der Waals surface area contributed by atoms with Gasteiger partial charge in [0.2, 0.25) is 5.91 Å². The van der Waals surface area contributed by atoms with Crippen LogP contribution >= 0.6 is 0 Å². The van der Waals surface area contributed by atoms with Crippen LogP contribution in [0, 0.1) is 0 Å². The molecule has 1 atom stereocenters. The Morgan fingerprint density at radius 2 is 1.37 bits per heavy atom. The molecule has 1 saturated heterocycles. The molecular weight excluding hydrogens is 572 g/mol. The number of anilines is 1. The van der Waals surface area contributed by atoms with Gasteiger partial charge in [-0.1, -0.05) is 111 Å². The highest BCUT2D eigenvalue weighted by atomic mass is 16.5. The number of piperidine rings is 1. The monoisotopic (exact) mass is 616 g/mol. The zero-order chi connectivity index (χ0) is 31.6. The Morgan fingerprint density at radius 1 is 0.696 bits per heavy atom. The van der Waals surface area contributed by atoms with Crippen molar-refractivity contribution in [1.29, 1.82) is 0 Å². The lowest BCUT2D eigenvalue weighted by Gasteiger charge is -2.31. The standard InChI is InChI=1S/C40H44N2O4/c43-39(37-18-10-11-25-41-37)42(27-30-19-21-34(22-20-30)33-16-8-3-9-17-33)35-23-24-36(40(44)46-29-32-14-6-2-7-15-32)38(26-35)45-28-31-12-4-1-5-13-31/h1-2,4-7,12-15,19-24,26,33,37,41H,3,8-11,16-18,25,27-29H2/t37-/m1/s1. The number of benzene rings is 4. The Hall–Kier alpha value is -4.42. The summed E-state index contributed by atoms with van der Waals surface area (Å²) in [6.07, 6.45) is 9.33. The zero-order valence-corrected chi connectivity index (χ0v) is 26.5. The second-order valence-corrected chi connectivity index (χ2v) is 12.5. The van der Waals surface area contributed by atoms with Crippen LogP contribution in [-0.2, 0) is 29.3 Å². The molecule has 6 heteroatoms. The first-order valence-electron chi connectivity index (χ1n) is 16.8. The van der Waals surface area contributed by atoms with Gasteiger partial charge in [0, 0.05) is 11.8 Å². The highest BCUT2D eigenvalue weighted by Gasteiger charge is 2.28. The van der Waals surface area contributed by atoms with Gasteiger partial charge in [-0.2, -0.15) is 0 Å². The first kappa shape index (κ1) is 31.6. The number of hydrogen-bond donors (Lipinski definition) is 1. The molecule has 0 spiro atoms. The maximum Gasteiger partial charge on any atom is 0.342 e. The molecule has 1 aliphatic heterocycles. The highest BCUT2D eigenvalue weighted by Crippen LogP contribution is 2.34. The predicted octanol–water partition coefficient (Wildman–Crippen LogP) is 8.35. The average Bonchev–Trinajstić information content (AvgIpc) is 3.13. The Bertz CT molecular complexity index is 1560. The molecule has 0 aromatic heterocycles. The molecule has 6 nitrogen and oxygen atoms in total. The first-order chi connectivity index (χ1) is 22.6. The molecule has 1 heterocycles. The van der Waals surface area contributed by atoms with Crippen LogP contribution in [0.4, 0.5) is 5.69 Å². The van der Waals surface area contributed by atoms with Crippen molar-refractivity contribution in [3.05, 3.63) is 131 Å². The third-order valence-electron chi connectivity index (χ3n) is 9.22.